The van der Waals surface area contributed by atoms with Crippen molar-refractivity contribution >= 4 is 17.1 Å². The summed E-state index contributed by atoms with van der Waals surface area (Å²) < 4.78 is 12.7. The molecule has 1 aromatic carbocycles. The third kappa shape index (κ3) is 2.55. The van der Waals surface area contributed by atoms with Gasteiger partial charge in [-0.25, -0.2) is 4.39 Å². The van der Waals surface area contributed by atoms with E-state index in [1.54, 1.807) is 11.3 Å². The molecule has 2 rings (SSSR count). The van der Waals surface area contributed by atoms with Gasteiger partial charge in [0.15, 0.2) is 5.78 Å². The van der Waals surface area contributed by atoms with Crippen molar-refractivity contribution in [3.8, 4) is 0 Å². The molecule has 0 bridgehead atoms. The van der Waals surface area contributed by atoms with Gasteiger partial charge in [-0.1, -0.05) is 0 Å². The van der Waals surface area contributed by atoms with Crippen molar-refractivity contribution in [3.05, 3.63) is 57.5 Å². The van der Waals surface area contributed by atoms with Crippen molar-refractivity contribution in [2.75, 3.05) is 0 Å². The Bertz CT molecular complexity index is 499. The van der Waals surface area contributed by atoms with Crippen LogP contribution in [0.4, 0.5) is 4.39 Å². The monoisotopic (exact) mass is 234 g/mol. The summed E-state index contributed by atoms with van der Waals surface area (Å²) in [5.41, 5.74) is 1.74. The fourth-order valence-corrected chi connectivity index (χ4v) is 2.35. The van der Waals surface area contributed by atoms with Crippen molar-refractivity contribution in [1.82, 2.24) is 0 Å². The van der Waals surface area contributed by atoms with Crippen molar-refractivity contribution in [2.45, 2.75) is 13.3 Å². The van der Waals surface area contributed by atoms with Crippen molar-refractivity contribution < 1.29 is 9.18 Å². The molecule has 1 aromatic heterocycles. The van der Waals surface area contributed by atoms with E-state index in [9.17, 15) is 9.18 Å². The molecule has 2 aromatic rings. The number of thiophene rings is 1. The standard InChI is InChI=1S/C13H11FOS/c1-9-6-12(16-8-9)7-13(15)10-2-4-11(14)5-3-10/h2-6,8H,7H2,1H3. The second-order valence-corrected chi connectivity index (χ2v) is 4.69. The molecule has 1 nitrogen and oxygen atoms in total. The summed E-state index contributed by atoms with van der Waals surface area (Å²) in [7, 11) is 0. The van der Waals surface area contributed by atoms with Crippen LogP contribution in [0.3, 0.4) is 0 Å². The van der Waals surface area contributed by atoms with Gasteiger partial charge in [0.1, 0.15) is 5.82 Å². The van der Waals surface area contributed by atoms with E-state index in [2.05, 4.69) is 0 Å². The first-order chi connectivity index (χ1) is 7.65. The molecule has 0 aliphatic heterocycles. The van der Waals surface area contributed by atoms with Gasteiger partial charge in [-0.05, 0) is 48.2 Å². The molecule has 0 aliphatic rings. The van der Waals surface area contributed by atoms with Gasteiger partial charge < -0.3 is 0 Å². The van der Waals surface area contributed by atoms with Crippen LogP contribution in [0.5, 0.6) is 0 Å². The van der Waals surface area contributed by atoms with Gasteiger partial charge in [0.05, 0.1) is 0 Å². The summed E-state index contributed by atoms with van der Waals surface area (Å²) >= 11 is 1.58. The minimum absolute atomic E-state index is 0.0295. The van der Waals surface area contributed by atoms with E-state index in [0.29, 0.717) is 12.0 Å². The molecule has 0 unspecified atom stereocenters. The molecule has 0 radical (unpaired) electrons. The minimum Gasteiger partial charge on any atom is -0.294 e. The van der Waals surface area contributed by atoms with Gasteiger partial charge in [0, 0.05) is 16.9 Å². The lowest BCUT2D eigenvalue weighted by Crippen LogP contribution is -2.01. The molecule has 0 saturated carbocycles. The molecule has 0 fully saturated rings. The fraction of sp³-hybridized carbons (Fsp3) is 0.154. The number of halogens is 1. The molecule has 0 aliphatic carbocycles. The molecule has 0 atom stereocenters. The van der Waals surface area contributed by atoms with E-state index in [0.717, 1.165) is 4.88 Å². The van der Waals surface area contributed by atoms with E-state index in [1.807, 2.05) is 18.4 Å². The topological polar surface area (TPSA) is 17.1 Å². The Morgan fingerprint density at radius 2 is 2.00 bits per heavy atom. The van der Waals surface area contributed by atoms with Crippen LogP contribution in [0.1, 0.15) is 20.8 Å². The molecule has 1 heterocycles. The number of hydrogen-bond acceptors (Lipinski definition) is 2. The number of aryl methyl sites for hydroxylation is 1. The van der Waals surface area contributed by atoms with Crippen LogP contribution in [-0.4, -0.2) is 5.78 Å². The van der Waals surface area contributed by atoms with E-state index in [1.165, 1.54) is 29.8 Å². The van der Waals surface area contributed by atoms with Crippen LogP contribution in [0, 0.1) is 12.7 Å². The summed E-state index contributed by atoms with van der Waals surface area (Å²) in [6.07, 6.45) is 0.393. The molecule has 0 amide bonds. The van der Waals surface area contributed by atoms with Crippen molar-refractivity contribution in [3.63, 3.8) is 0 Å². The number of carbonyl (C=O) groups excluding carboxylic acids is 1. The molecular formula is C13H11FOS. The summed E-state index contributed by atoms with van der Waals surface area (Å²) in [5, 5.41) is 2.02. The van der Waals surface area contributed by atoms with Gasteiger partial charge in [0.25, 0.3) is 0 Å². The maximum atomic E-state index is 12.7. The zero-order valence-electron chi connectivity index (χ0n) is 8.87. The second kappa shape index (κ2) is 4.58. The highest BCUT2D eigenvalue weighted by Gasteiger charge is 2.08. The van der Waals surface area contributed by atoms with Crippen LogP contribution >= 0.6 is 11.3 Å². The number of rotatable bonds is 3. The highest BCUT2D eigenvalue weighted by Crippen LogP contribution is 2.16. The van der Waals surface area contributed by atoms with Crippen molar-refractivity contribution in [1.29, 1.82) is 0 Å². The smallest absolute Gasteiger partial charge is 0.168 e. The molecule has 0 saturated heterocycles. The van der Waals surface area contributed by atoms with Gasteiger partial charge in [-0.15, -0.1) is 11.3 Å². The summed E-state index contributed by atoms with van der Waals surface area (Å²) in [6.45, 7) is 2.00. The Hall–Kier alpha value is -1.48. The lowest BCUT2D eigenvalue weighted by atomic mass is 10.1. The molecule has 0 spiro atoms. The molecule has 82 valence electrons. The summed E-state index contributed by atoms with van der Waals surface area (Å²) in [6, 6.07) is 7.68. The summed E-state index contributed by atoms with van der Waals surface area (Å²) in [4.78, 5) is 12.9. The van der Waals surface area contributed by atoms with E-state index >= 15 is 0 Å². The predicted molar refractivity (Wildman–Crippen MR) is 63.5 cm³/mol. The average molecular weight is 234 g/mol. The van der Waals surface area contributed by atoms with Crippen LogP contribution in [0.25, 0.3) is 0 Å². The number of ketones is 1. The summed E-state index contributed by atoms with van der Waals surface area (Å²) in [5.74, 6) is -0.287. The lowest BCUT2D eigenvalue weighted by molar-refractivity contribution is 0.0994. The van der Waals surface area contributed by atoms with Gasteiger partial charge >= 0.3 is 0 Å². The average Bonchev–Trinajstić information content (AvgIpc) is 2.65. The molecule has 3 heteroatoms. The zero-order valence-corrected chi connectivity index (χ0v) is 9.68. The third-order valence-corrected chi connectivity index (χ3v) is 3.34. The van der Waals surface area contributed by atoms with E-state index < -0.39 is 0 Å². The normalized spacial score (nSPS) is 10.4. The Morgan fingerprint density at radius 3 is 2.56 bits per heavy atom. The lowest BCUT2D eigenvalue weighted by Gasteiger charge is -1.98. The first-order valence-corrected chi connectivity index (χ1v) is 5.86. The fourth-order valence-electron chi connectivity index (χ4n) is 1.48. The Balaban J connectivity index is 2.11. The maximum Gasteiger partial charge on any atom is 0.168 e. The number of hydrogen-bond donors (Lipinski definition) is 0. The van der Waals surface area contributed by atoms with E-state index in [4.69, 9.17) is 0 Å². The number of Topliss-reactive ketones (excluding diaryl/α,β-unsaturated/α-hetero) is 1. The SMILES string of the molecule is Cc1csc(CC(=O)c2ccc(F)cc2)c1. The second-order valence-electron chi connectivity index (χ2n) is 3.70. The van der Waals surface area contributed by atoms with Crippen LogP contribution in [-0.2, 0) is 6.42 Å². The van der Waals surface area contributed by atoms with Gasteiger partial charge in [0.2, 0.25) is 0 Å². The quantitative estimate of drug-likeness (QED) is 0.741. The van der Waals surface area contributed by atoms with Crippen LogP contribution < -0.4 is 0 Å². The van der Waals surface area contributed by atoms with Crippen LogP contribution in [0.15, 0.2) is 35.7 Å². The maximum absolute atomic E-state index is 12.7. The third-order valence-electron chi connectivity index (χ3n) is 2.29. The first-order valence-electron chi connectivity index (χ1n) is 4.98. The minimum atomic E-state index is -0.316. The first kappa shape index (κ1) is 11.0. The zero-order chi connectivity index (χ0) is 11.5. The predicted octanol–water partition coefficient (Wildman–Crippen LogP) is 3.62. The molecule has 0 N–H and O–H groups in total. The van der Waals surface area contributed by atoms with Gasteiger partial charge in [-0.3, -0.25) is 4.79 Å². The Morgan fingerprint density at radius 1 is 1.31 bits per heavy atom. The number of carbonyl (C=O) groups is 1. The van der Waals surface area contributed by atoms with Crippen LogP contribution in [0.2, 0.25) is 0 Å². The van der Waals surface area contributed by atoms with Gasteiger partial charge in [-0.2, -0.15) is 0 Å². The molecule has 16 heavy (non-hydrogen) atoms. The Kier molecular flexibility index (Phi) is 3.15. The Labute approximate surface area is 97.6 Å². The highest BCUT2D eigenvalue weighted by atomic mass is 32.1. The van der Waals surface area contributed by atoms with Crippen molar-refractivity contribution in [2.24, 2.45) is 0 Å². The largest absolute Gasteiger partial charge is 0.294 e. The molecular weight excluding hydrogens is 223 g/mol. The number of benzene rings is 1. The van der Waals surface area contributed by atoms with E-state index in [-0.39, 0.29) is 11.6 Å². The highest BCUT2D eigenvalue weighted by molar-refractivity contribution is 7.10.